The molecule has 0 fully saturated rings. The van der Waals surface area contributed by atoms with Gasteiger partial charge in [-0.2, -0.15) is 0 Å². The largest absolute Gasteiger partial charge is 0.327 e. The third-order valence-electron chi connectivity index (χ3n) is 3.44. The lowest BCUT2D eigenvalue weighted by molar-refractivity contribution is -0.387. The molecule has 1 aromatic rings. The quantitative estimate of drug-likeness (QED) is 0.529. The lowest BCUT2D eigenvalue weighted by Gasteiger charge is -2.21. The monoisotopic (exact) mass is 429 g/mol. The van der Waals surface area contributed by atoms with E-state index in [0.717, 1.165) is 4.31 Å². The smallest absolute Gasteiger partial charge is 0.289 e. The number of rotatable bonds is 7. The summed E-state index contributed by atoms with van der Waals surface area (Å²) in [6, 6.07) is 3.72. The highest BCUT2D eigenvalue weighted by atomic mass is 79.9. The van der Waals surface area contributed by atoms with Gasteiger partial charge in [-0.3, -0.25) is 10.1 Å². The molecular formula is C13H21BrClN3O4S. The maximum atomic E-state index is 12.6. The highest BCUT2D eigenvalue weighted by molar-refractivity contribution is 9.10. The standard InChI is InChI=1S/C13H20BrN3O4S.ClH/c1-9(2)11(15)6-7-16(3)22(20,21)13-8-10(14)4-5-12(13)17(18)19;/h4-5,8-9,11H,6-7,15H2,1-3H3;1H. The molecule has 0 radical (unpaired) electrons. The molecule has 0 aromatic heterocycles. The highest BCUT2D eigenvalue weighted by Crippen LogP contribution is 2.29. The molecule has 0 heterocycles. The minimum absolute atomic E-state index is 0. The number of nitrogens with two attached hydrogens (primary N) is 1. The molecule has 1 rings (SSSR count). The molecule has 0 amide bonds. The second-order valence-electron chi connectivity index (χ2n) is 5.39. The van der Waals surface area contributed by atoms with Gasteiger partial charge in [-0.1, -0.05) is 29.8 Å². The predicted octanol–water partition coefficient (Wildman–Crippen LogP) is 2.77. The van der Waals surface area contributed by atoms with Gasteiger partial charge in [0.25, 0.3) is 5.69 Å². The summed E-state index contributed by atoms with van der Waals surface area (Å²) in [5.41, 5.74) is 5.47. The molecule has 0 bridgehead atoms. The average Bonchev–Trinajstić information content (AvgIpc) is 2.43. The van der Waals surface area contributed by atoms with Crippen molar-refractivity contribution in [3.8, 4) is 0 Å². The molecule has 23 heavy (non-hydrogen) atoms. The van der Waals surface area contributed by atoms with Gasteiger partial charge in [0.05, 0.1) is 4.92 Å². The van der Waals surface area contributed by atoms with Crippen LogP contribution in [0.1, 0.15) is 20.3 Å². The summed E-state index contributed by atoms with van der Waals surface area (Å²) < 4.78 is 26.7. The third-order valence-corrected chi connectivity index (χ3v) is 5.82. The first-order valence-corrected chi connectivity index (χ1v) is 8.96. The molecule has 0 aliphatic carbocycles. The molecule has 0 aliphatic rings. The number of benzene rings is 1. The maximum Gasteiger partial charge on any atom is 0.289 e. The average molecular weight is 431 g/mol. The van der Waals surface area contributed by atoms with E-state index in [1.165, 1.54) is 25.2 Å². The number of nitro groups is 1. The van der Waals surface area contributed by atoms with Crippen LogP contribution in [0.4, 0.5) is 5.69 Å². The zero-order valence-corrected chi connectivity index (χ0v) is 16.3. The molecule has 0 saturated carbocycles. The van der Waals surface area contributed by atoms with Crippen LogP contribution >= 0.6 is 28.3 Å². The van der Waals surface area contributed by atoms with Gasteiger partial charge in [0.15, 0.2) is 4.90 Å². The lowest BCUT2D eigenvalue weighted by Crippen LogP contribution is -2.34. The van der Waals surface area contributed by atoms with Gasteiger partial charge >= 0.3 is 0 Å². The van der Waals surface area contributed by atoms with E-state index in [4.69, 9.17) is 5.73 Å². The summed E-state index contributed by atoms with van der Waals surface area (Å²) in [6.45, 7) is 4.11. The lowest BCUT2D eigenvalue weighted by atomic mass is 10.0. The summed E-state index contributed by atoms with van der Waals surface area (Å²) in [7, 11) is -2.56. The number of halogens is 2. The topological polar surface area (TPSA) is 107 Å². The molecule has 1 aromatic carbocycles. The van der Waals surface area contributed by atoms with Gasteiger partial charge in [-0.25, -0.2) is 12.7 Å². The molecule has 1 atom stereocenters. The van der Waals surface area contributed by atoms with Crippen LogP contribution in [-0.4, -0.2) is 37.3 Å². The summed E-state index contributed by atoms with van der Waals surface area (Å²) >= 11 is 3.14. The Kier molecular flexibility index (Phi) is 8.64. The fourth-order valence-corrected chi connectivity index (χ4v) is 3.67. The Labute approximate surface area is 151 Å². The Hall–Kier alpha value is -0.740. The summed E-state index contributed by atoms with van der Waals surface area (Å²) in [5, 5.41) is 11.0. The van der Waals surface area contributed by atoms with Crippen LogP contribution < -0.4 is 5.73 Å². The van der Waals surface area contributed by atoms with Crippen molar-refractivity contribution in [2.75, 3.05) is 13.6 Å². The van der Waals surface area contributed by atoms with Crippen molar-refractivity contribution in [3.63, 3.8) is 0 Å². The van der Waals surface area contributed by atoms with E-state index in [1.54, 1.807) is 0 Å². The van der Waals surface area contributed by atoms with E-state index in [2.05, 4.69) is 15.9 Å². The van der Waals surface area contributed by atoms with Crippen molar-refractivity contribution in [1.29, 1.82) is 0 Å². The van der Waals surface area contributed by atoms with Crippen LogP contribution in [0.15, 0.2) is 27.6 Å². The summed E-state index contributed by atoms with van der Waals surface area (Å²) in [4.78, 5) is 10.0. The van der Waals surface area contributed by atoms with Crippen LogP contribution in [0.3, 0.4) is 0 Å². The zero-order valence-electron chi connectivity index (χ0n) is 13.1. The van der Waals surface area contributed by atoms with Crippen molar-refractivity contribution in [2.24, 2.45) is 11.7 Å². The van der Waals surface area contributed by atoms with Gasteiger partial charge in [0, 0.05) is 30.2 Å². The van der Waals surface area contributed by atoms with E-state index in [-0.39, 0.29) is 35.8 Å². The van der Waals surface area contributed by atoms with Crippen molar-refractivity contribution in [2.45, 2.75) is 31.2 Å². The fraction of sp³-hybridized carbons (Fsp3) is 0.538. The number of nitro benzene ring substituents is 1. The molecule has 1 unspecified atom stereocenters. The first-order valence-electron chi connectivity index (χ1n) is 6.73. The molecule has 7 nitrogen and oxygen atoms in total. The SMILES string of the molecule is CC(C)C(N)CCN(C)S(=O)(=O)c1cc(Br)ccc1[N+](=O)[O-].Cl. The van der Waals surface area contributed by atoms with E-state index in [0.29, 0.717) is 10.9 Å². The molecule has 2 N–H and O–H groups in total. The minimum Gasteiger partial charge on any atom is -0.327 e. The van der Waals surface area contributed by atoms with Gasteiger partial charge in [0.1, 0.15) is 0 Å². The van der Waals surface area contributed by atoms with Gasteiger partial charge < -0.3 is 5.73 Å². The van der Waals surface area contributed by atoms with E-state index in [9.17, 15) is 18.5 Å². The Morgan fingerprint density at radius 2 is 1.96 bits per heavy atom. The van der Waals surface area contributed by atoms with E-state index in [1.807, 2.05) is 13.8 Å². The van der Waals surface area contributed by atoms with Crippen molar-refractivity contribution in [1.82, 2.24) is 4.31 Å². The third kappa shape index (κ3) is 5.68. The summed E-state index contributed by atoms with van der Waals surface area (Å²) in [6.07, 6.45) is 0.481. The van der Waals surface area contributed by atoms with Crippen LogP contribution in [0, 0.1) is 16.0 Å². The fourth-order valence-electron chi connectivity index (χ4n) is 1.80. The van der Waals surface area contributed by atoms with Crippen LogP contribution in [0.5, 0.6) is 0 Å². The van der Waals surface area contributed by atoms with Gasteiger partial charge in [-0.05, 0) is 24.5 Å². The first-order chi connectivity index (χ1) is 10.1. The minimum atomic E-state index is -3.95. The number of sulfonamides is 1. The molecule has 132 valence electrons. The second-order valence-corrected chi connectivity index (χ2v) is 8.32. The number of hydrogen-bond acceptors (Lipinski definition) is 5. The second kappa shape index (κ2) is 8.93. The van der Waals surface area contributed by atoms with Crippen LogP contribution in [0.2, 0.25) is 0 Å². The Morgan fingerprint density at radius 1 is 1.39 bits per heavy atom. The molecular weight excluding hydrogens is 410 g/mol. The molecule has 0 aliphatic heterocycles. The normalized spacial score (nSPS) is 13.0. The van der Waals surface area contributed by atoms with Crippen molar-refractivity contribution in [3.05, 3.63) is 32.8 Å². The van der Waals surface area contributed by atoms with Crippen LogP contribution in [0.25, 0.3) is 0 Å². The molecule has 0 saturated heterocycles. The molecule has 0 spiro atoms. The van der Waals surface area contributed by atoms with Gasteiger partial charge in [-0.15, -0.1) is 12.4 Å². The van der Waals surface area contributed by atoms with Gasteiger partial charge in [0.2, 0.25) is 10.0 Å². The predicted molar refractivity (Wildman–Crippen MR) is 95.3 cm³/mol. The Balaban J connectivity index is 0.00000484. The molecule has 10 heteroatoms. The number of nitrogens with zero attached hydrogens (tertiary/aromatic N) is 2. The Morgan fingerprint density at radius 3 is 2.43 bits per heavy atom. The Bertz CT molecular complexity index is 655. The van der Waals surface area contributed by atoms with Crippen molar-refractivity contribution >= 4 is 44.0 Å². The number of hydrogen-bond donors (Lipinski definition) is 1. The first kappa shape index (κ1) is 22.3. The van der Waals surface area contributed by atoms with Crippen molar-refractivity contribution < 1.29 is 13.3 Å². The van der Waals surface area contributed by atoms with E-state index < -0.39 is 20.6 Å². The van der Waals surface area contributed by atoms with E-state index >= 15 is 0 Å². The van der Waals surface area contributed by atoms with Crippen LogP contribution in [-0.2, 0) is 10.0 Å². The summed E-state index contributed by atoms with van der Waals surface area (Å²) in [5.74, 6) is 0.233. The maximum absolute atomic E-state index is 12.6. The zero-order chi connectivity index (χ0) is 17.1. The highest BCUT2D eigenvalue weighted by Gasteiger charge is 2.30.